The van der Waals surface area contributed by atoms with Crippen molar-refractivity contribution < 1.29 is 14.0 Å². The molecule has 2 N–H and O–H groups in total. The van der Waals surface area contributed by atoms with Crippen molar-refractivity contribution in [2.45, 2.75) is 13.8 Å². The van der Waals surface area contributed by atoms with Crippen molar-refractivity contribution in [1.29, 1.82) is 0 Å². The van der Waals surface area contributed by atoms with E-state index in [1.165, 1.54) is 11.3 Å². The van der Waals surface area contributed by atoms with Gasteiger partial charge in [-0.15, -0.1) is 11.3 Å². The van der Waals surface area contributed by atoms with Crippen molar-refractivity contribution in [3.8, 4) is 10.8 Å². The molecule has 2 amide bonds. The van der Waals surface area contributed by atoms with Gasteiger partial charge in [0.15, 0.2) is 10.8 Å². The Labute approximate surface area is 148 Å². The number of nitrogens with zero attached hydrogens (tertiary/aromatic N) is 1. The highest BCUT2D eigenvalue weighted by molar-refractivity contribution is 7.13. The summed E-state index contributed by atoms with van der Waals surface area (Å²) in [5.41, 5.74) is 2.98. The first kappa shape index (κ1) is 16.9. The molecular formula is C18H17N3O3S. The number of furan rings is 1. The van der Waals surface area contributed by atoms with Crippen LogP contribution in [0, 0.1) is 13.8 Å². The van der Waals surface area contributed by atoms with Gasteiger partial charge in [-0.05, 0) is 37.1 Å². The predicted molar refractivity (Wildman–Crippen MR) is 96.7 cm³/mol. The van der Waals surface area contributed by atoms with E-state index in [1.54, 1.807) is 23.8 Å². The van der Waals surface area contributed by atoms with E-state index < -0.39 is 5.91 Å². The molecule has 128 valence electrons. The van der Waals surface area contributed by atoms with E-state index in [9.17, 15) is 9.59 Å². The van der Waals surface area contributed by atoms with Crippen LogP contribution in [0.5, 0.6) is 0 Å². The minimum atomic E-state index is -0.397. The summed E-state index contributed by atoms with van der Waals surface area (Å²) in [6.07, 6.45) is 1.55. The van der Waals surface area contributed by atoms with E-state index in [1.807, 2.05) is 32.0 Å². The Morgan fingerprint density at radius 2 is 1.92 bits per heavy atom. The fourth-order valence-electron chi connectivity index (χ4n) is 2.34. The van der Waals surface area contributed by atoms with Gasteiger partial charge in [-0.3, -0.25) is 9.59 Å². The molecule has 0 aliphatic carbocycles. The topological polar surface area (TPSA) is 84.2 Å². The van der Waals surface area contributed by atoms with E-state index in [0.717, 1.165) is 16.8 Å². The Kier molecular flexibility index (Phi) is 4.95. The fraction of sp³-hybridized carbons (Fsp3) is 0.167. The van der Waals surface area contributed by atoms with Crippen LogP contribution in [-0.4, -0.2) is 23.3 Å². The van der Waals surface area contributed by atoms with Crippen molar-refractivity contribution >= 4 is 28.8 Å². The first-order chi connectivity index (χ1) is 12.0. The first-order valence-corrected chi connectivity index (χ1v) is 8.56. The first-order valence-electron chi connectivity index (χ1n) is 7.68. The molecule has 3 aromatic rings. The lowest BCUT2D eigenvalue weighted by atomic mass is 10.1. The number of para-hydroxylation sites is 1. The summed E-state index contributed by atoms with van der Waals surface area (Å²) >= 11 is 1.31. The number of thiazole rings is 1. The maximum atomic E-state index is 12.1. The molecule has 0 bridgehead atoms. The molecule has 3 rings (SSSR count). The number of anilines is 1. The molecule has 2 aromatic heterocycles. The average Bonchev–Trinajstić information content (AvgIpc) is 3.27. The third-order valence-corrected chi connectivity index (χ3v) is 4.48. The molecule has 2 heterocycles. The van der Waals surface area contributed by atoms with Gasteiger partial charge in [0.2, 0.25) is 5.91 Å². The highest BCUT2D eigenvalue weighted by atomic mass is 32.1. The molecule has 0 fully saturated rings. The van der Waals surface area contributed by atoms with Gasteiger partial charge in [0.1, 0.15) is 5.69 Å². The Balaban J connectivity index is 1.58. The third-order valence-electron chi connectivity index (χ3n) is 3.62. The minimum absolute atomic E-state index is 0.125. The van der Waals surface area contributed by atoms with Crippen LogP contribution in [0.1, 0.15) is 21.6 Å². The number of hydrogen-bond acceptors (Lipinski definition) is 5. The van der Waals surface area contributed by atoms with Crippen molar-refractivity contribution in [2.75, 3.05) is 11.9 Å². The maximum Gasteiger partial charge on any atom is 0.271 e. The summed E-state index contributed by atoms with van der Waals surface area (Å²) in [6.45, 7) is 3.72. The standard InChI is InChI=1S/C18H17N3O3S/c1-11-5-3-6-12(2)16(11)21-15(22)9-19-17(23)13-10-25-18(20-13)14-7-4-8-24-14/h3-8,10H,9H2,1-2H3,(H,19,23)(H,21,22). The fourth-order valence-corrected chi connectivity index (χ4v) is 3.10. The SMILES string of the molecule is Cc1cccc(C)c1NC(=O)CNC(=O)c1csc(-c2ccco2)n1. The van der Waals surface area contributed by atoms with E-state index in [-0.39, 0.29) is 18.1 Å². The molecule has 0 radical (unpaired) electrons. The zero-order valence-electron chi connectivity index (χ0n) is 13.8. The molecule has 7 heteroatoms. The second kappa shape index (κ2) is 7.31. The molecule has 25 heavy (non-hydrogen) atoms. The minimum Gasteiger partial charge on any atom is -0.462 e. The number of nitrogens with one attached hydrogen (secondary N) is 2. The summed E-state index contributed by atoms with van der Waals surface area (Å²) in [4.78, 5) is 28.5. The summed E-state index contributed by atoms with van der Waals surface area (Å²) < 4.78 is 5.25. The number of rotatable bonds is 5. The Hall–Kier alpha value is -2.93. The molecular weight excluding hydrogens is 338 g/mol. The number of carbonyl (C=O) groups excluding carboxylic acids is 2. The van der Waals surface area contributed by atoms with Crippen LogP contribution in [0.15, 0.2) is 46.4 Å². The van der Waals surface area contributed by atoms with Gasteiger partial charge in [0.25, 0.3) is 5.91 Å². The van der Waals surface area contributed by atoms with Gasteiger partial charge in [0.05, 0.1) is 12.8 Å². The number of benzene rings is 1. The molecule has 0 aliphatic heterocycles. The van der Waals surface area contributed by atoms with E-state index in [0.29, 0.717) is 10.8 Å². The number of carbonyl (C=O) groups is 2. The average molecular weight is 355 g/mol. The molecule has 1 aromatic carbocycles. The molecule has 0 spiro atoms. The normalized spacial score (nSPS) is 10.5. The molecule has 0 atom stereocenters. The monoisotopic (exact) mass is 355 g/mol. The lowest BCUT2D eigenvalue weighted by Gasteiger charge is -2.11. The highest BCUT2D eigenvalue weighted by Crippen LogP contribution is 2.23. The van der Waals surface area contributed by atoms with Crippen molar-refractivity contribution in [3.05, 3.63) is 58.8 Å². The lowest BCUT2D eigenvalue weighted by Crippen LogP contribution is -2.33. The van der Waals surface area contributed by atoms with Crippen LogP contribution >= 0.6 is 11.3 Å². The van der Waals surface area contributed by atoms with E-state index in [2.05, 4.69) is 15.6 Å². The lowest BCUT2D eigenvalue weighted by molar-refractivity contribution is -0.115. The Morgan fingerprint density at radius 3 is 2.60 bits per heavy atom. The van der Waals surface area contributed by atoms with Crippen LogP contribution in [0.2, 0.25) is 0 Å². The van der Waals surface area contributed by atoms with Crippen LogP contribution in [0.4, 0.5) is 5.69 Å². The van der Waals surface area contributed by atoms with Gasteiger partial charge in [-0.25, -0.2) is 4.98 Å². The number of aryl methyl sites for hydroxylation is 2. The largest absolute Gasteiger partial charge is 0.462 e. The summed E-state index contributed by atoms with van der Waals surface area (Å²) in [7, 11) is 0. The van der Waals surface area contributed by atoms with Gasteiger partial charge < -0.3 is 15.1 Å². The smallest absolute Gasteiger partial charge is 0.271 e. The van der Waals surface area contributed by atoms with Crippen molar-refractivity contribution in [1.82, 2.24) is 10.3 Å². The quantitative estimate of drug-likeness (QED) is 0.735. The number of amides is 2. The zero-order valence-corrected chi connectivity index (χ0v) is 14.6. The third kappa shape index (κ3) is 3.95. The summed E-state index contributed by atoms with van der Waals surface area (Å²) in [5, 5.41) is 7.66. The summed E-state index contributed by atoms with van der Waals surface area (Å²) in [6, 6.07) is 9.31. The van der Waals surface area contributed by atoms with Crippen molar-refractivity contribution in [3.63, 3.8) is 0 Å². The molecule has 0 saturated carbocycles. The molecule has 0 unspecified atom stereocenters. The van der Waals surface area contributed by atoms with Gasteiger partial charge in [-0.2, -0.15) is 0 Å². The Bertz CT molecular complexity index is 880. The van der Waals surface area contributed by atoms with Crippen LogP contribution < -0.4 is 10.6 Å². The molecule has 0 aliphatic rings. The number of hydrogen-bond donors (Lipinski definition) is 2. The van der Waals surface area contributed by atoms with Crippen LogP contribution in [0.25, 0.3) is 10.8 Å². The predicted octanol–water partition coefficient (Wildman–Crippen LogP) is 3.39. The molecule has 6 nitrogen and oxygen atoms in total. The van der Waals surface area contributed by atoms with Crippen LogP contribution in [-0.2, 0) is 4.79 Å². The van der Waals surface area contributed by atoms with Crippen LogP contribution in [0.3, 0.4) is 0 Å². The zero-order chi connectivity index (χ0) is 17.8. The Morgan fingerprint density at radius 1 is 1.16 bits per heavy atom. The van der Waals surface area contributed by atoms with Crippen molar-refractivity contribution in [2.24, 2.45) is 0 Å². The highest BCUT2D eigenvalue weighted by Gasteiger charge is 2.14. The molecule has 0 saturated heterocycles. The van der Waals surface area contributed by atoms with Gasteiger partial charge in [-0.1, -0.05) is 18.2 Å². The summed E-state index contributed by atoms with van der Waals surface area (Å²) in [5.74, 6) is -0.0743. The maximum absolute atomic E-state index is 12.1. The second-order valence-corrected chi connectivity index (χ2v) is 6.37. The van der Waals surface area contributed by atoms with E-state index in [4.69, 9.17) is 4.42 Å². The van der Waals surface area contributed by atoms with E-state index >= 15 is 0 Å². The van der Waals surface area contributed by atoms with Gasteiger partial charge >= 0.3 is 0 Å². The number of aromatic nitrogens is 1. The van der Waals surface area contributed by atoms with Gasteiger partial charge in [0, 0.05) is 11.1 Å². The second-order valence-electron chi connectivity index (χ2n) is 5.51.